The zero-order valence-electron chi connectivity index (χ0n) is 9.03. The van der Waals surface area contributed by atoms with Crippen molar-refractivity contribution in [3.63, 3.8) is 0 Å². The van der Waals surface area contributed by atoms with E-state index in [-0.39, 0.29) is 0 Å². The smallest absolute Gasteiger partial charge is 0.119 e. The molecule has 78 valence electrons. The lowest BCUT2D eigenvalue weighted by molar-refractivity contribution is 0.469. The summed E-state index contributed by atoms with van der Waals surface area (Å²) in [6.45, 7) is 2.07. The van der Waals surface area contributed by atoms with Gasteiger partial charge >= 0.3 is 0 Å². The summed E-state index contributed by atoms with van der Waals surface area (Å²) >= 11 is 0. The Balaban J connectivity index is 2.57. The molecule has 0 radical (unpaired) electrons. The van der Waals surface area contributed by atoms with Crippen molar-refractivity contribution >= 4 is 0 Å². The first-order valence-corrected chi connectivity index (χ1v) is 5.10. The number of hydrogen-bond donors (Lipinski definition) is 1. The van der Waals surface area contributed by atoms with Gasteiger partial charge in [0.15, 0.2) is 0 Å². The topological polar surface area (TPSA) is 20.2 Å². The molecule has 1 N–H and O–H groups in total. The van der Waals surface area contributed by atoms with E-state index in [0.29, 0.717) is 5.75 Å². The van der Waals surface area contributed by atoms with Crippen LogP contribution >= 0.6 is 0 Å². The Hall–Kier alpha value is -1.68. The van der Waals surface area contributed by atoms with E-state index in [1.54, 1.807) is 6.07 Å². The third-order valence-corrected chi connectivity index (χ3v) is 2.33. The van der Waals surface area contributed by atoms with Gasteiger partial charge in [0.25, 0.3) is 0 Å². The molecule has 0 unspecified atom stereocenters. The molecule has 0 atom stereocenters. The van der Waals surface area contributed by atoms with Crippen LogP contribution in [0.4, 0.5) is 0 Å². The number of hydrogen-bond acceptors (Lipinski definition) is 1. The van der Waals surface area contributed by atoms with Gasteiger partial charge in [-0.1, -0.05) is 29.8 Å². The summed E-state index contributed by atoms with van der Waals surface area (Å²) in [6.07, 6.45) is 9.79. The van der Waals surface area contributed by atoms with Crippen LogP contribution in [0.15, 0.2) is 35.9 Å². The number of benzene rings is 1. The molecule has 0 bridgehead atoms. The fourth-order valence-corrected chi connectivity index (χ4v) is 1.34. The molecule has 15 heavy (non-hydrogen) atoms. The molecule has 0 aromatic heterocycles. The van der Waals surface area contributed by atoms with Crippen molar-refractivity contribution in [2.75, 3.05) is 0 Å². The van der Waals surface area contributed by atoms with E-state index in [4.69, 9.17) is 6.42 Å². The second kappa shape index (κ2) is 5.93. The maximum absolute atomic E-state index is 9.54. The molecule has 0 spiro atoms. The summed E-state index contributed by atoms with van der Waals surface area (Å²) in [5.41, 5.74) is 2.23. The van der Waals surface area contributed by atoms with Gasteiger partial charge in [0, 0.05) is 6.42 Å². The van der Waals surface area contributed by atoms with Crippen LogP contribution in [0.5, 0.6) is 5.75 Å². The van der Waals surface area contributed by atoms with Gasteiger partial charge in [-0.05, 0) is 31.4 Å². The Labute approximate surface area is 91.5 Å². The molecule has 0 heterocycles. The van der Waals surface area contributed by atoms with Gasteiger partial charge in [-0.15, -0.1) is 12.3 Å². The first-order valence-electron chi connectivity index (χ1n) is 5.10. The molecule has 0 aliphatic rings. The van der Waals surface area contributed by atoms with Crippen molar-refractivity contribution in [3.05, 3.63) is 41.5 Å². The van der Waals surface area contributed by atoms with E-state index in [9.17, 15) is 5.11 Å². The molecule has 1 nitrogen and oxygen atoms in total. The van der Waals surface area contributed by atoms with Crippen LogP contribution in [0, 0.1) is 12.3 Å². The standard InChI is InChI=1S/C14H16O/c1-3-4-7-12(2)10-11-13-8-5-6-9-14(13)15/h1,5-6,8-10,15H,4,7,11H2,2H3/b12-10+. The van der Waals surface area contributed by atoms with Gasteiger partial charge in [-0.2, -0.15) is 0 Å². The quantitative estimate of drug-likeness (QED) is 0.584. The van der Waals surface area contributed by atoms with E-state index in [1.165, 1.54) is 5.57 Å². The molecule has 0 saturated carbocycles. The van der Waals surface area contributed by atoms with Crippen molar-refractivity contribution in [2.45, 2.75) is 26.2 Å². The second-order valence-electron chi connectivity index (χ2n) is 3.59. The number of phenols is 1. The third-order valence-electron chi connectivity index (χ3n) is 2.33. The van der Waals surface area contributed by atoms with Gasteiger partial charge in [0.1, 0.15) is 5.75 Å². The average Bonchev–Trinajstić information content (AvgIpc) is 2.25. The van der Waals surface area contributed by atoms with E-state index in [1.807, 2.05) is 18.2 Å². The number of phenolic OH excluding ortho intramolecular Hbond substituents is 1. The average molecular weight is 200 g/mol. The van der Waals surface area contributed by atoms with Gasteiger partial charge < -0.3 is 5.11 Å². The van der Waals surface area contributed by atoms with Gasteiger partial charge in [0.05, 0.1) is 0 Å². The minimum Gasteiger partial charge on any atom is -0.508 e. The number of allylic oxidation sites excluding steroid dienone is 2. The third kappa shape index (κ3) is 3.91. The fraction of sp³-hybridized carbons (Fsp3) is 0.286. The Kier molecular flexibility index (Phi) is 4.50. The summed E-state index contributed by atoms with van der Waals surface area (Å²) in [6, 6.07) is 7.40. The summed E-state index contributed by atoms with van der Waals surface area (Å²) < 4.78 is 0. The van der Waals surface area contributed by atoms with E-state index in [0.717, 1.165) is 24.8 Å². The Morgan fingerprint density at radius 1 is 1.47 bits per heavy atom. The molecule has 0 saturated heterocycles. The second-order valence-corrected chi connectivity index (χ2v) is 3.59. The first-order chi connectivity index (χ1) is 7.24. The van der Waals surface area contributed by atoms with Crippen LogP contribution in [0.25, 0.3) is 0 Å². The number of rotatable bonds is 4. The normalized spacial score (nSPS) is 11.1. The van der Waals surface area contributed by atoms with Crippen LogP contribution in [0.1, 0.15) is 25.3 Å². The largest absolute Gasteiger partial charge is 0.508 e. The van der Waals surface area contributed by atoms with Gasteiger partial charge in [-0.25, -0.2) is 0 Å². The zero-order valence-corrected chi connectivity index (χ0v) is 9.03. The Morgan fingerprint density at radius 2 is 2.20 bits per heavy atom. The highest BCUT2D eigenvalue weighted by molar-refractivity contribution is 5.33. The minimum absolute atomic E-state index is 0.360. The van der Waals surface area contributed by atoms with Crippen molar-refractivity contribution in [1.29, 1.82) is 0 Å². The Bertz CT molecular complexity index is 383. The molecule has 0 aliphatic heterocycles. The van der Waals surface area contributed by atoms with Crippen LogP contribution in [-0.4, -0.2) is 5.11 Å². The van der Waals surface area contributed by atoms with E-state index >= 15 is 0 Å². The SMILES string of the molecule is C#CCC/C(C)=C/Cc1ccccc1O. The lowest BCUT2D eigenvalue weighted by Crippen LogP contribution is -1.84. The number of terminal acetylenes is 1. The number of aromatic hydroxyl groups is 1. The summed E-state index contributed by atoms with van der Waals surface area (Å²) in [5, 5.41) is 9.54. The van der Waals surface area contributed by atoms with Crippen molar-refractivity contribution in [3.8, 4) is 18.1 Å². The minimum atomic E-state index is 0.360. The van der Waals surface area contributed by atoms with Gasteiger partial charge in [-0.3, -0.25) is 0 Å². The highest BCUT2D eigenvalue weighted by atomic mass is 16.3. The molecule has 1 rings (SSSR count). The maximum atomic E-state index is 9.54. The molecule has 0 amide bonds. The lowest BCUT2D eigenvalue weighted by Gasteiger charge is -2.01. The van der Waals surface area contributed by atoms with Crippen molar-refractivity contribution in [2.24, 2.45) is 0 Å². The fourth-order valence-electron chi connectivity index (χ4n) is 1.34. The molecule has 0 fully saturated rings. The van der Waals surface area contributed by atoms with E-state index in [2.05, 4.69) is 18.9 Å². The van der Waals surface area contributed by atoms with Crippen LogP contribution in [-0.2, 0) is 6.42 Å². The molecule has 0 aliphatic carbocycles. The zero-order chi connectivity index (χ0) is 11.1. The van der Waals surface area contributed by atoms with E-state index < -0.39 is 0 Å². The molecular formula is C14H16O. The molecular weight excluding hydrogens is 184 g/mol. The maximum Gasteiger partial charge on any atom is 0.119 e. The first kappa shape index (κ1) is 11.4. The highest BCUT2D eigenvalue weighted by Gasteiger charge is 1.97. The Morgan fingerprint density at radius 3 is 2.87 bits per heavy atom. The van der Waals surface area contributed by atoms with Crippen LogP contribution in [0.3, 0.4) is 0 Å². The predicted octanol–water partition coefficient (Wildman–Crippen LogP) is 3.29. The molecule has 1 aromatic carbocycles. The molecule has 1 aromatic rings. The number of para-hydroxylation sites is 1. The van der Waals surface area contributed by atoms with Crippen molar-refractivity contribution < 1.29 is 5.11 Å². The van der Waals surface area contributed by atoms with Crippen LogP contribution < -0.4 is 0 Å². The van der Waals surface area contributed by atoms with Crippen molar-refractivity contribution in [1.82, 2.24) is 0 Å². The monoisotopic (exact) mass is 200 g/mol. The summed E-state index contributed by atoms with van der Waals surface area (Å²) in [5.74, 6) is 2.98. The van der Waals surface area contributed by atoms with Gasteiger partial charge in [0.2, 0.25) is 0 Å². The van der Waals surface area contributed by atoms with Crippen LogP contribution in [0.2, 0.25) is 0 Å². The predicted molar refractivity (Wildman–Crippen MR) is 63.6 cm³/mol. The lowest BCUT2D eigenvalue weighted by atomic mass is 10.1. The molecule has 1 heteroatoms. The highest BCUT2D eigenvalue weighted by Crippen LogP contribution is 2.17. The summed E-state index contributed by atoms with van der Waals surface area (Å²) in [4.78, 5) is 0. The summed E-state index contributed by atoms with van der Waals surface area (Å²) in [7, 11) is 0.